The molecule has 1 amide bonds. The number of ether oxygens (including phenoxy) is 4. The molecule has 302 valence electrons. The number of H-pyrrole nitrogens is 1. The Morgan fingerprint density at radius 3 is 1.93 bits per heavy atom. The molecule has 0 aliphatic carbocycles. The lowest BCUT2D eigenvalue weighted by Crippen LogP contribution is -2.50. The number of aromatic amines is 1. The molecule has 9 rings (SSSR count). The first-order valence-electron chi connectivity index (χ1n) is 19.7. The van der Waals surface area contributed by atoms with Crippen LogP contribution < -0.4 is 20.7 Å². The minimum Gasteiger partial charge on any atom is -0.497 e. The summed E-state index contributed by atoms with van der Waals surface area (Å²) in [5.41, 5.74) is 0.622. The third-order valence-electron chi connectivity index (χ3n) is 11.9. The number of amides is 1. The van der Waals surface area contributed by atoms with E-state index in [-0.39, 0.29) is 18.9 Å². The molecule has 2 heterocycles. The van der Waals surface area contributed by atoms with Gasteiger partial charge in [-0.15, -0.1) is 0 Å². The Morgan fingerprint density at radius 2 is 1.32 bits per heavy atom. The van der Waals surface area contributed by atoms with Crippen LogP contribution in [0, 0.1) is 0 Å². The van der Waals surface area contributed by atoms with Gasteiger partial charge in [0.05, 0.1) is 27.2 Å². The summed E-state index contributed by atoms with van der Waals surface area (Å²) < 4.78 is 25.9. The zero-order valence-corrected chi connectivity index (χ0v) is 33.3. The second-order valence-electron chi connectivity index (χ2n) is 15.1. The van der Waals surface area contributed by atoms with E-state index in [1.54, 1.807) is 21.3 Å². The van der Waals surface area contributed by atoms with Gasteiger partial charge in [0.1, 0.15) is 35.3 Å². The summed E-state index contributed by atoms with van der Waals surface area (Å²) >= 11 is 0. The summed E-state index contributed by atoms with van der Waals surface area (Å²) in [7, 11) is 4.81. The SMILES string of the molecule is COc1ccc(C(OC[C@H]2O[C@@H](n3ccc(=O)[nH]c3=O)[C@H](N(C)C(=O)Cc3ccc4ccc5cccc6ccc3c4c56)[C@@H]2O)(c2ccccc2)c2ccc(OC)cc2)cc1. The molecule has 11 heteroatoms. The van der Waals surface area contributed by atoms with Crippen LogP contribution in [0.25, 0.3) is 32.3 Å². The smallest absolute Gasteiger partial charge is 0.330 e. The van der Waals surface area contributed by atoms with Crippen LogP contribution in [0.15, 0.2) is 155 Å². The van der Waals surface area contributed by atoms with E-state index in [9.17, 15) is 19.5 Å². The van der Waals surface area contributed by atoms with Crippen LogP contribution in [-0.4, -0.2) is 71.6 Å². The van der Waals surface area contributed by atoms with Gasteiger partial charge in [0, 0.05) is 19.3 Å². The summed E-state index contributed by atoms with van der Waals surface area (Å²) in [6.07, 6.45) is -2.21. The van der Waals surface area contributed by atoms with E-state index in [1.807, 2.05) is 97.1 Å². The van der Waals surface area contributed by atoms with Crippen LogP contribution in [-0.2, 0) is 26.3 Å². The predicted octanol–water partition coefficient (Wildman–Crippen LogP) is 6.79. The number of aromatic nitrogens is 2. The molecule has 0 saturated carbocycles. The van der Waals surface area contributed by atoms with Crippen LogP contribution >= 0.6 is 0 Å². The highest BCUT2D eigenvalue weighted by atomic mass is 16.6. The predicted molar refractivity (Wildman–Crippen MR) is 230 cm³/mol. The molecule has 1 aliphatic rings. The van der Waals surface area contributed by atoms with Crippen molar-refractivity contribution in [2.75, 3.05) is 27.9 Å². The Balaban J connectivity index is 1.08. The Bertz CT molecular complexity index is 2870. The van der Waals surface area contributed by atoms with Crippen molar-refractivity contribution in [3.05, 3.63) is 189 Å². The fourth-order valence-electron chi connectivity index (χ4n) is 8.83. The van der Waals surface area contributed by atoms with E-state index in [0.29, 0.717) is 11.5 Å². The quantitative estimate of drug-likeness (QED) is 0.102. The lowest BCUT2D eigenvalue weighted by atomic mass is 9.80. The molecule has 1 fully saturated rings. The number of hydrogen-bond donors (Lipinski definition) is 2. The first kappa shape index (κ1) is 38.7. The van der Waals surface area contributed by atoms with Gasteiger partial charge in [-0.2, -0.15) is 0 Å². The van der Waals surface area contributed by atoms with E-state index in [1.165, 1.54) is 21.7 Å². The number of benzene rings is 7. The minimum absolute atomic E-state index is 0.0222. The molecule has 1 aromatic heterocycles. The number of methoxy groups -OCH3 is 2. The maximum Gasteiger partial charge on any atom is 0.330 e. The van der Waals surface area contributed by atoms with Gasteiger partial charge in [0.2, 0.25) is 5.91 Å². The second kappa shape index (κ2) is 15.8. The topological polar surface area (TPSA) is 132 Å². The summed E-state index contributed by atoms with van der Waals surface area (Å²) in [5, 5.41) is 18.8. The van der Waals surface area contributed by atoms with Crippen molar-refractivity contribution >= 4 is 38.2 Å². The molecule has 8 aromatic rings. The van der Waals surface area contributed by atoms with Gasteiger partial charge in [0.15, 0.2) is 6.23 Å². The maximum absolute atomic E-state index is 14.5. The van der Waals surface area contributed by atoms with Crippen LogP contribution in [0.3, 0.4) is 0 Å². The lowest BCUT2D eigenvalue weighted by Gasteiger charge is -2.37. The normalized spacial score (nSPS) is 18.0. The maximum atomic E-state index is 14.5. The molecule has 7 aromatic carbocycles. The number of carbonyl (C=O) groups excluding carboxylic acids is 1. The van der Waals surface area contributed by atoms with Crippen molar-refractivity contribution in [2.45, 2.75) is 36.5 Å². The third kappa shape index (κ3) is 6.66. The van der Waals surface area contributed by atoms with Gasteiger partial charge in [-0.25, -0.2) is 4.79 Å². The first-order valence-corrected chi connectivity index (χ1v) is 19.7. The number of hydrogen-bond acceptors (Lipinski definition) is 8. The van der Waals surface area contributed by atoms with Gasteiger partial charge in [-0.05, 0) is 78.8 Å². The monoisotopic (exact) mass is 801 g/mol. The van der Waals surface area contributed by atoms with Crippen molar-refractivity contribution in [3.63, 3.8) is 0 Å². The largest absolute Gasteiger partial charge is 0.497 e. The van der Waals surface area contributed by atoms with Gasteiger partial charge in [-0.3, -0.25) is 19.1 Å². The molecule has 60 heavy (non-hydrogen) atoms. The Morgan fingerprint density at radius 1 is 0.733 bits per heavy atom. The van der Waals surface area contributed by atoms with Crippen molar-refractivity contribution < 1.29 is 28.8 Å². The Kier molecular flexibility index (Phi) is 10.2. The van der Waals surface area contributed by atoms with Gasteiger partial charge in [0.25, 0.3) is 5.56 Å². The van der Waals surface area contributed by atoms with Gasteiger partial charge >= 0.3 is 5.69 Å². The van der Waals surface area contributed by atoms with Crippen molar-refractivity contribution in [1.29, 1.82) is 0 Å². The van der Waals surface area contributed by atoms with Crippen LogP contribution in [0.5, 0.6) is 11.5 Å². The van der Waals surface area contributed by atoms with Crippen molar-refractivity contribution in [1.82, 2.24) is 14.5 Å². The average molecular weight is 802 g/mol. The van der Waals surface area contributed by atoms with Crippen molar-refractivity contribution in [2.24, 2.45) is 0 Å². The number of aliphatic hydroxyl groups is 1. The number of nitrogens with one attached hydrogen (secondary N) is 1. The number of aliphatic hydroxyl groups excluding tert-OH is 1. The molecule has 2 N–H and O–H groups in total. The van der Waals surface area contributed by atoms with Gasteiger partial charge < -0.3 is 29.0 Å². The zero-order chi connectivity index (χ0) is 41.5. The molecule has 0 unspecified atom stereocenters. The standard InChI is InChI=1S/C49H43N3O8/c1-51(42(54)28-33-15-14-32-13-12-30-8-7-9-31-16-25-39(33)44(32)43(30)31)45-46(55)40(60-47(45)52-27-26-41(53)50-48(52)56)29-59-49(34-10-5-4-6-11-34,35-17-21-37(57-2)22-18-35)36-19-23-38(58-3)24-20-36/h4-27,40,45-47,55H,28-29H2,1-3H3,(H,50,53,56)/t40-,45-,46-,47-/m1/s1. The van der Waals surface area contributed by atoms with Crippen LogP contribution in [0.4, 0.5) is 0 Å². The number of nitrogens with zero attached hydrogens (tertiary/aromatic N) is 2. The number of rotatable bonds is 12. The van der Waals surface area contributed by atoms with Gasteiger partial charge in [-0.1, -0.05) is 109 Å². The highest BCUT2D eigenvalue weighted by molar-refractivity contribution is 6.23. The zero-order valence-electron chi connectivity index (χ0n) is 33.3. The number of likely N-dealkylation sites (N-methyl/N-ethyl adjacent to an activating group) is 1. The highest BCUT2D eigenvalue weighted by Gasteiger charge is 2.50. The molecular weight excluding hydrogens is 759 g/mol. The first-order chi connectivity index (χ1) is 29.2. The number of carbonyl (C=O) groups is 1. The molecule has 0 spiro atoms. The van der Waals surface area contributed by atoms with E-state index < -0.39 is 41.3 Å². The molecule has 1 saturated heterocycles. The van der Waals surface area contributed by atoms with E-state index in [2.05, 4.69) is 41.4 Å². The molecule has 11 nitrogen and oxygen atoms in total. The molecule has 1 aliphatic heterocycles. The molecule has 0 radical (unpaired) electrons. The summed E-state index contributed by atoms with van der Waals surface area (Å²) in [4.78, 5) is 43.7. The fourth-order valence-corrected chi connectivity index (χ4v) is 8.83. The Hall–Kier alpha value is -6.79. The third-order valence-corrected chi connectivity index (χ3v) is 11.9. The lowest BCUT2D eigenvalue weighted by molar-refractivity contribution is -0.135. The molecule has 4 atom stereocenters. The van der Waals surface area contributed by atoms with Crippen LogP contribution in [0.1, 0.15) is 28.5 Å². The Labute approximate surface area is 345 Å². The summed E-state index contributed by atoms with van der Waals surface area (Å²) in [6.45, 7) is -0.170. The molecule has 0 bridgehead atoms. The summed E-state index contributed by atoms with van der Waals surface area (Å²) in [5.74, 6) is 1.03. The molecular formula is C49H43N3O8. The highest BCUT2D eigenvalue weighted by Crippen LogP contribution is 2.43. The van der Waals surface area contributed by atoms with Crippen molar-refractivity contribution in [3.8, 4) is 11.5 Å². The summed E-state index contributed by atoms with van der Waals surface area (Å²) in [6, 6.07) is 43.6. The van der Waals surface area contributed by atoms with Crippen LogP contribution in [0.2, 0.25) is 0 Å². The minimum atomic E-state index is -1.33. The average Bonchev–Trinajstić information content (AvgIpc) is 3.61. The second-order valence-corrected chi connectivity index (χ2v) is 15.1. The van der Waals surface area contributed by atoms with E-state index in [0.717, 1.165) is 54.6 Å². The fraction of sp³-hybridized carbons (Fsp3) is 0.204. The van der Waals surface area contributed by atoms with E-state index >= 15 is 0 Å². The van der Waals surface area contributed by atoms with E-state index in [4.69, 9.17) is 18.9 Å².